The van der Waals surface area contributed by atoms with Crippen molar-refractivity contribution in [2.24, 2.45) is 5.73 Å². The fourth-order valence-corrected chi connectivity index (χ4v) is 4.49. The van der Waals surface area contributed by atoms with Crippen molar-refractivity contribution in [3.63, 3.8) is 0 Å². The van der Waals surface area contributed by atoms with E-state index in [1.165, 1.54) is 4.57 Å². The van der Waals surface area contributed by atoms with Gasteiger partial charge in [0.25, 0.3) is 5.56 Å². The number of cyclic esters (lactones) is 1. The molecular formula is C22H20N4O5. The summed E-state index contributed by atoms with van der Waals surface area (Å²) in [6.45, 7) is 1.63. The first-order valence-electron chi connectivity index (χ1n) is 9.82. The Labute approximate surface area is 176 Å². The van der Waals surface area contributed by atoms with E-state index in [9.17, 15) is 14.7 Å². The van der Waals surface area contributed by atoms with Crippen LogP contribution in [0.15, 0.2) is 29.1 Å². The average Bonchev–Trinajstić information content (AvgIpc) is 3.12. The van der Waals surface area contributed by atoms with Crippen LogP contribution in [-0.2, 0) is 28.3 Å². The molecule has 0 radical (unpaired) electrons. The van der Waals surface area contributed by atoms with Crippen LogP contribution < -0.4 is 16.0 Å². The van der Waals surface area contributed by atoms with Crippen LogP contribution in [0.5, 0.6) is 5.75 Å². The number of nitrogens with one attached hydrogen (secondary N) is 1. The summed E-state index contributed by atoms with van der Waals surface area (Å²) in [7, 11) is 1.55. The molecule has 0 fully saturated rings. The number of hydrogen-bond acceptors (Lipinski definition) is 7. The summed E-state index contributed by atoms with van der Waals surface area (Å²) in [4.78, 5) is 30.3. The van der Waals surface area contributed by atoms with Crippen molar-refractivity contribution in [2.75, 3.05) is 7.11 Å². The number of amidine groups is 1. The lowest BCUT2D eigenvalue weighted by Crippen LogP contribution is -2.44. The first kappa shape index (κ1) is 19.3. The minimum atomic E-state index is -1.89. The van der Waals surface area contributed by atoms with Gasteiger partial charge in [0.1, 0.15) is 18.2 Å². The minimum Gasteiger partial charge on any atom is -0.497 e. The minimum absolute atomic E-state index is 0.0677. The van der Waals surface area contributed by atoms with Crippen molar-refractivity contribution in [3.8, 4) is 17.1 Å². The van der Waals surface area contributed by atoms with Crippen LogP contribution in [0.25, 0.3) is 22.3 Å². The topological polar surface area (TPSA) is 141 Å². The van der Waals surface area contributed by atoms with Gasteiger partial charge in [-0.1, -0.05) is 6.92 Å². The maximum atomic E-state index is 13.3. The second-order valence-corrected chi connectivity index (χ2v) is 7.71. The number of aromatic nitrogens is 2. The van der Waals surface area contributed by atoms with E-state index in [2.05, 4.69) is 0 Å². The molecule has 1 unspecified atom stereocenters. The Morgan fingerprint density at radius 2 is 2.13 bits per heavy atom. The molecule has 2 aliphatic rings. The van der Waals surface area contributed by atoms with Crippen molar-refractivity contribution in [2.45, 2.75) is 32.1 Å². The second-order valence-electron chi connectivity index (χ2n) is 7.71. The SMILES string of the molecule is CCC1(O)C(=O)OCc2c1cc1n(c2=O)Cc2c-1nc1ccc(OC)cc1c2C(=N)N. The number of methoxy groups -OCH3 is 1. The number of rotatable bonds is 3. The Kier molecular flexibility index (Phi) is 3.97. The number of carbonyl (C=O) groups is 1. The van der Waals surface area contributed by atoms with E-state index in [4.69, 9.17) is 25.6 Å². The molecule has 1 aromatic carbocycles. The molecule has 0 spiro atoms. The van der Waals surface area contributed by atoms with Gasteiger partial charge in [0.15, 0.2) is 5.60 Å². The van der Waals surface area contributed by atoms with Gasteiger partial charge in [-0.2, -0.15) is 0 Å². The summed E-state index contributed by atoms with van der Waals surface area (Å²) in [5.74, 6) is -0.317. The van der Waals surface area contributed by atoms with Crippen molar-refractivity contribution in [1.82, 2.24) is 9.55 Å². The van der Waals surface area contributed by atoms with Gasteiger partial charge in [0, 0.05) is 22.1 Å². The summed E-state index contributed by atoms with van der Waals surface area (Å²) in [5, 5.41) is 19.8. The zero-order valence-corrected chi connectivity index (χ0v) is 17.0. The van der Waals surface area contributed by atoms with E-state index >= 15 is 0 Å². The van der Waals surface area contributed by atoms with Gasteiger partial charge in [0.05, 0.1) is 36.1 Å². The lowest BCUT2D eigenvalue weighted by atomic mass is 9.86. The lowest BCUT2D eigenvalue weighted by molar-refractivity contribution is -0.172. The number of pyridine rings is 2. The number of nitrogens with two attached hydrogens (primary N) is 1. The lowest BCUT2D eigenvalue weighted by Gasteiger charge is -2.31. The quantitative estimate of drug-likeness (QED) is 0.258. The van der Waals surface area contributed by atoms with E-state index in [0.717, 1.165) is 0 Å². The van der Waals surface area contributed by atoms with Crippen LogP contribution in [0, 0.1) is 5.41 Å². The number of benzene rings is 1. The maximum Gasteiger partial charge on any atom is 0.343 e. The van der Waals surface area contributed by atoms with Crippen molar-refractivity contribution >= 4 is 22.7 Å². The van der Waals surface area contributed by atoms with Crippen LogP contribution in [0.2, 0.25) is 0 Å². The highest BCUT2D eigenvalue weighted by atomic mass is 16.6. The summed E-state index contributed by atoms with van der Waals surface area (Å²) < 4.78 is 11.9. The third kappa shape index (κ3) is 2.46. The molecule has 2 aliphatic heterocycles. The highest BCUT2D eigenvalue weighted by Gasteiger charge is 2.45. The molecule has 0 saturated heterocycles. The van der Waals surface area contributed by atoms with E-state index < -0.39 is 11.6 Å². The molecule has 0 amide bonds. The Morgan fingerprint density at radius 3 is 2.81 bits per heavy atom. The number of esters is 1. The third-order valence-electron chi connectivity index (χ3n) is 6.16. The standard InChI is InChI=1S/C22H20N4O5/c1-3-22(29)14-7-16-18-12(8-26(16)20(27)13(14)9-31-21(22)28)17(19(23)24)11-6-10(30-2)4-5-15(11)25-18/h4-7,29H,3,8-9H2,1-2H3,(H3,23,24). The third-order valence-corrected chi connectivity index (χ3v) is 6.16. The van der Waals surface area contributed by atoms with E-state index in [-0.39, 0.29) is 42.1 Å². The highest BCUT2D eigenvalue weighted by molar-refractivity contribution is 6.10. The molecule has 9 nitrogen and oxygen atoms in total. The smallest absolute Gasteiger partial charge is 0.343 e. The molecule has 0 aliphatic carbocycles. The van der Waals surface area contributed by atoms with Gasteiger partial charge < -0.3 is 24.9 Å². The molecule has 0 bridgehead atoms. The number of carbonyl (C=O) groups excluding carboxylic acids is 1. The van der Waals surface area contributed by atoms with Crippen LogP contribution in [-0.4, -0.2) is 33.6 Å². The Morgan fingerprint density at radius 1 is 1.35 bits per heavy atom. The molecule has 4 heterocycles. The fourth-order valence-electron chi connectivity index (χ4n) is 4.49. The van der Waals surface area contributed by atoms with Gasteiger partial charge in [-0.25, -0.2) is 9.78 Å². The van der Waals surface area contributed by atoms with E-state index in [1.54, 1.807) is 38.3 Å². The first-order chi connectivity index (χ1) is 14.8. The van der Waals surface area contributed by atoms with Gasteiger partial charge in [-0.05, 0) is 30.7 Å². The summed E-state index contributed by atoms with van der Waals surface area (Å²) in [6, 6.07) is 6.92. The molecule has 1 atom stereocenters. The van der Waals surface area contributed by atoms with Crippen LogP contribution in [0.3, 0.4) is 0 Å². The second kappa shape index (κ2) is 6.39. The zero-order chi connectivity index (χ0) is 22.1. The molecule has 158 valence electrons. The number of nitrogens with zero attached hydrogens (tertiary/aromatic N) is 2. The Hall–Kier alpha value is -3.72. The van der Waals surface area contributed by atoms with E-state index in [0.29, 0.717) is 39.2 Å². The molecule has 31 heavy (non-hydrogen) atoms. The number of ether oxygens (including phenoxy) is 2. The van der Waals surface area contributed by atoms with Gasteiger partial charge in [-0.3, -0.25) is 10.2 Å². The Bertz CT molecular complexity index is 1380. The predicted molar refractivity (Wildman–Crippen MR) is 112 cm³/mol. The molecule has 0 saturated carbocycles. The van der Waals surface area contributed by atoms with E-state index in [1.807, 2.05) is 0 Å². The van der Waals surface area contributed by atoms with Crippen LogP contribution in [0.4, 0.5) is 0 Å². The number of fused-ring (bicyclic) bond motifs is 5. The summed E-state index contributed by atoms with van der Waals surface area (Å²) in [6.07, 6.45) is 0.0677. The average molecular weight is 420 g/mol. The monoisotopic (exact) mass is 420 g/mol. The maximum absolute atomic E-state index is 13.3. The largest absolute Gasteiger partial charge is 0.497 e. The normalized spacial score (nSPS) is 18.9. The van der Waals surface area contributed by atoms with Crippen molar-refractivity contribution in [1.29, 1.82) is 5.41 Å². The van der Waals surface area contributed by atoms with Crippen molar-refractivity contribution in [3.05, 3.63) is 56.9 Å². The molecule has 4 N–H and O–H groups in total. The number of aliphatic hydroxyl groups is 1. The Balaban J connectivity index is 1.84. The predicted octanol–water partition coefficient (Wildman–Crippen LogP) is 1.37. The number of nitrogen functional groups attached to an aromatic ring is 1. The first-order valence-corrected chi connectivity index (χ1v) is 9.82. The zero-order valence-electron chi connectivity index (χ0n) is 17.0. The summed E-state index contributed by atoms with van der Waals surface area (Å²) >= 11 is 0. The van der Waals surface area contributed by atoms with Gasteiger partial charge in [0.2, 0.25) is 0 Å². The molecule has 3 aromatic rings. The molecule has 2 aromatic heterocycles. The summed E-state index contributed by atoms with van der Waals surface area (Å²) in [5.41, 5.74) is 6.87. The fraction of sp³-hybridized carbons (Fsp3) is 0.273. The number of hydrogen-bond donors (Lipinski definition) is 3. The van der Waals surface area contributed by atoms with Gasteiger partial charge in [-0.15, -0.1) is 0 Å². The van der Waals surface area contributed by atoms with Gasteiger partial charge >= 0.3 is 5.97 Å². The molecule has 9 heteroatoms. The van der Waals surface area contributed by atoms with Crippen molar-refractivity contribution < 1.29 is 19.4 Å². The van der Waals surface area contributed by atoms with Crippen LogP contribution in [0.1, 0.15) is 35.6 Å². The highest BCUT2D eigenvalue weighted by Crippen LogP contribution is 2.40. The molecule has 5 rings (SSSR count). The molecular weight excluding hydrogens is 400 g/mol. The van der Waals surface area contributed by atoms with Crippen LogP contribution >= 0.6 is 0 Å².